The van der Waals surface area contributed by atoms with Gasteiger partial charge in [-0.1, -0.05) is 0 Å². The molecule has 16 heavy (non-hydrogen) atoms. The molecule has 5 heteroatoms. The number of aromatic nitrogens is 2. The van der Waals surface area contributed by atoms with E-state index in [4.69, 9.17) is 4.74 Å². The number of fused-ring (bicyclic) bond motifs is 1. The van der Waals surface area contributed by atoms with Crippen LogP contribution in [0.5, 0.6) is 5.88 Å². The molecule has 0 saturated carbocycles. The first-order chi connectivity index (χ1) is 7.38. The molecule has 0 amide bonds. The lowest BCUT2D eigenvalue weighted by molar-refractivity contribution is 0.378. The summed E-state index contributed by atoms with van der Waals surface area (Å²) in [6.45, 7) is 5.71. The van der Waals surface area contributed by atoms with Gasteiger partial charge in [0.1, 0.15) is 0 Å². The van der Waals surface area contributed by atoms with Crippen LogP contribution < -0.4 is 10.3 Å². The van der Waals surface area contributed by atoms with Crippen molar-refractivity contribution in [2.75, 3.05) is 7.11 Å². The molecule has 0 aliphatic carbocycles. The standard InChI is InChI=1S/C11H15N3O2/c1-6-7-8(11(2,3)12-6)10(15)14(4)13-9(7)16-5/h1-5H3. The molecule has 0 unspecified atom stereocenters. The Bertz CT molecular complexity index is 541. The number of aliphatic imine (C=N–C) groups is 1. The Balaban J connectivity index is 2.89. The number of methoxy groups -OCH3 is 1. The first kappa shape index (κ1) is 10.9. The Labute approximate surface area is 93.8 Å². The summed E-state index contributed by atoms with van der Waals surface area (Å²) in [4.78, 5) is 16.5. The molecular weight excluding hydrogens is 206 g/mol. The van der Waals surface area contributed by atoms with Gasteiger partial charge in [-0.15, -0.1) is 5.10 Å². The summed E-state index contributed by atoms with van der Waals surface area (Å²) >= 11 is 0. The Hall–Kier alpha value is -1.65. The summed E-state index contributed by atoms with van der Waals surface area (Å²) in [6.07, 6.45) is 0. The van der Waals surface area contributed by atoms with Gasteiger partial charge in [0.2, 0.25) is 5.88 Å². The number of nitrogens with zero attached hydrogens (tertiary/aromatic N) is 3. The van der Waals surface area contributed by atoms with Crippen molar-refractivity contribution < 1.29 is 4.74 Å². The van der Waals surface area contributed by atoms with Gasteiger partial charge in [0.05, 0.1) is 23.8 Å². The largest absolute Gasteiger partial charge is 0.479 e. The maximum atomic E-state index is 12.1. The highest BCUT2D eigenvalue weighted by Crippen LogP contribution is 2.35. The molecule has 2 heterocycles. The molecule has 0 bridgehead atoms. The van der Waals surface area contributed by atoms with E-state index in [1.54, 1.807) is 14.2 Å². The van der Waals surface area contributed by atoms with Crippen LogP contribution in [-0.4, -0.2) is 22.6 Å². The van der Waals surface area contributed by atoms with Crippen molar-refractivity contribution in [2.45, 2.75) is 26.3 Å². The highest BCUT2D eigenvalue weighted by Gasteiger charge is 2.36. The van der Waals surface area contributed by atoms with Crippen molar-refractivity contribution in [2.24, 2.45) is 12.0 Å². The molecule has 0 atom stereocenters. The zero-order chi connectivity index (χ0) is 12.1. The number of hydrogen-bond donors (Lipinski definition) is 0. The van der Waals surface area contributed by atoms with Crippen LogP contribution in [0.15, 0.2) is 9.79 Å². The summed E-state index contributed by atoms with van der Waals surface area (Å²) in [5.74, 6) is 0.462. The fraction of sp³-hybridized carbons (Fsp3) is 0.545. The van der Waals surface area contributed by atoms with Gasteiger partial charge < -0.3 is 4.74 Å². The van der Waals surface area contributed by atoms with Gasteiger partial charge in [-0.25, -0.2) is 4.68 Å². The summed E-state index contributed by atoms with van der Waals surface area (Å²) in [5.41, 5.74) is 1.61. The molecule has 86 valence electrons. The molecule has 0 radical (unpaired) electrons. The summed E-state index contributed by atoms with van der Waals surface area (Å²) < 4.78 is 6.50. The van der Waals surface area contributed by atoms with Gasteiger partial charge in [-0.3, -0.25) is 9.79 Å². The number of rotatable bonds is 1. The third kappa shape index (κ3) is 1.27. The average Bonchev–Trinajstić information content (AvgIpc) is 2.42. The van der Waals surface area contributed by atoms with Crippen molar-refractivity contribution in [1.82, 2.24) is 9.78 Å². The Morgan fingerprint density at radius 2 is 2.00 bits per heavy atom. The minimum Gasteiger partial charge on any atom is -0.479 e. The summed E-state index contributed by atoms with van der Waals surface area (Å²) in [5, 5.41) is 4.08. The molecule has 5 nitrogen and oxygen atoms in total. The second-order valence-electron chi connectivity index (χ2n) is 4.44. The van der Waals surface area contributed by atoms with E-state index in [0.29, 0.717) is 11.4 Å². The predicted molar refractivity (Wildman–Crippen MR) is 61.3 cm³/mol. The maximum absolute atomic E-state index is 12.1. The Kier molecular flexibility index (Phi) is 2.15. The van der Waals surface area contributed by atoms with Crippen molar-refractivity contribution >= 4 is 5.71 Å². The predicted octanol–water partition coefficient (Wildman–Crippen LogP) is 0.847. The van der Waals surface area contributed by atoms with E-state index < -0.39 is 5.54 Å². The van der Waals surface area contributed by atoms with Gasteiger partial charge in [-0.05, 0) is 20.8 Å². The molecule has 0 N–H and O–H groups in total. The summed E-state index contributed by atoms with van der Waals surface area (Å²) in [7, 11) is 3.17. The van der Waals surface area contributed by atoms with Crippen LogP contribution in [-0.2, 0) is 12.6 Å². The molecule has 1 aliphatic rings. The minimum atomic E-state index is -0.496. The van der Waals surface area contributed by atoms with Gasteiger partial charge in [0.15, 0.2) is 0 Å². The zero-order valence-corrected chi connectivity index (χ0v) is 10.2. The molecule has 0 spiro atoms. The van der Waals surface area contributed by atoms with Crippen LogP contribution in [0, 0.1) is 0 Å². The molecule has 1 aromatic heterocycles. The maximum Gasteiger partial charge on any atom is 0.273 e. The van der Waals surface area contributed by atoms with E-state index in [0.717, 1.165) is 11.3 Å². The lowest BCUT2D eigenvalue weighted by Gasteiger charge is -2.16. The quantitative estimate of drug-likeness (QED) is 0.706. The molecule has 1 aromatic rings. The van der Waals surface area contributed by atoms with E-state index >= 15 is 0 Å². The third-order valence-corrected chi connectivity index (χ3v) is 2.83. The van der Waals surface area contributed by atoms with Gasteiger partial charge >= 0.3 is 0 Å². The SMILES string of the molecule is COc1nn(C)c(=O)c2c1C(C)=NC2(C)C. The van der Waals surface area contributed by atoms with Crippen LogP contribution in [0.2, 0.25) is 0 Å². The van der Waals surface area contributed by atoms with E-state index in [-0.39, 0.29) is 5.56 Å². The van der Waals surface area contributed by atoms with Gasteiger partial charge in [0.25, 0.3) is 5.56 Å². The summed E-state index contributed by atoms with van der Waals surface area (Å²) in [6, 6.07) is 0. The molecule has 0 aromatic carbocycles. The first-order valence-corrected chi connectivity index (χ1v) is 5.11. The van der Waals surface area contributed by atoms with Crippen LogP contribution >= 0.6 is 0 Å². The van der Waals surface area contributed by atoms with E-state index in [1.807, 2.05) is 20.8 Å². The Morgan fingerprint density at radius 1 is 1.38 bits per heavy atom. The highest BCUT2D eigenvalue weighted by molar-refractivity contribution is 6.04. The zero-order valence-electron chi connectivity index (χ0n) is 10.2. The van der Waals surface area contributed by atoms with Crippen LogP contribution in [0.25, 0.3) is 0 Å². The van der Waals surface area contributed by atoms with E-state index in [1.165, 1.54) is 4.68 Å². The lowest BCUT2D eigenvalue weighted by atomic mass is 9.95. The van der Waals surface area contributed by atoms with Crippen LogP contribution in [0.3, 0.4) is 0 Å². The highest BCUT2D eigenvalue weighted by atomic mass is 16.5. The topological polar surface area (TPSA) is 56.5 Å². The van der Waals surface area contributed by atoms with Gasteiger partial charge in [-0.2, -0.15) is 0 Å². The average molecular weight is 221 g/mol. The van der Waals surface area contributed by atoms with Gasteiger partial charge in [0, 0.05) is 12.8 Å². The van der Waals surface area contributed by atoms with Crippen molar-refractivity contribution in [3.8, 4) is 5.88 Å². The second-order valence-corrected chi connectivity index (χ2v) is 4.44. The van der Waals surface area contributed by atoms with E-state index in [9.17, 15) is 4.79 Å². The molecule has 0 fully saturated rings. The molecular formula is C11H15N3O2. The molecule has 0 saturated heterocycles. The van der Waals surface area contributed by atoms with Crippen molar-refractivity contribution in [3.63, 3.8) is 0 Å². The fourth-order valence-corrected chi connectivity index (χ4v) is 2.18. The van der Waals surface area contributed by atoms with Crippen LogP contribution in [0.1, 0.15) is 31.9 Å². The fourth-order valence-electron chi connectivity index (χ4n) is 2.18. The van der Waals surface area contributed by atoms with Crippen LogP contribution in [0.4, 0.5) is 0 Å². The number of hydrogen-bond acceptors (Lipinski definition) is 4. The van der Waals surface area contributed by atoms with Crippen molar-refractivity contribution in [3.05, 3.63) is 21.5 Å². The smallest absolute Gasteiger partial charge is 0.273 e. The second kappa shape index (κ2) is 3.17. The monoisotopic (exact) mass is 221 g/mol. The molecule has 1 aliphatic heterocycles. The number of ether oxygens (including phenoxy) is 1. The number of aryl methyl sites for hydroxylation is 1. The Morgan fingerprint density at radius 3 is 2.56 bits per heavy atom. The van der Waals surface area contributed by atoms with E-state index in [2.05, 4.69) is 10.1 Å². The molecule has 2 rings (SSSR count). The lowest BCUT2D eigenvalue weighted by Crippen LogP contribution is -2.31. The first-order valence-electron chi connectivity index (χ1n) is 5.11. The third-order valence-electron chi connectivity index (χ3n) is 2.83. The minimum absolute atomic E-state index is 0.110. The normalized spacial score (nSPS) is 16.9. The van der Waals surface area contributed by atoms with Crippen molar-refractivity contribution in [1.29, 1.82) is 0 Å².